The topological polar surface area (TPSA) is 57.9 Å². The predicted molar refractivity (Wildman–Crippen MR) is 88.4 cm³/mol. The second kappa shape index (κ2) is 5.69. The molecule has 0 aliphatic heterocycles. The molecule has 6 heteroatoms. The number of sulfone groups is 1. The normalized spacial score (nSPS) is 23.8. The van der Waals surface area contributed by atoms with E-state index >= 15 is 0 Å². The Bertz CT molecular complexity index is 841. The first-order valence-corrected chi connectivity index (χ1v) is 9.31. The Hall–Kier alpha value is -1.35. The van der Waals surface area contributed by atoms with Gasteiger partial charge in [-0.2, -0.15) is 5.26 Å². The number of hydrogen-bond acceptors (Lipinski definition) is 3. The number of benzene rings is 2. The van der Waals surface area contributed by atoms with Gasteiger partial charge >= 0.3 is 0 Å². The minimum absolute atomic E-state index is 0.210. The molecule has 1 aliphatic rings. The summed E-state index contributed by atoms with van der Waals surface area (Å²) in [6.07, 6.45) is 0. The van der Waals surface area contributed by atoms with Crippen LogP contribution in [0.5, 0.6) is 0 Å². The first-order valence-electron chi connectivity index (χ1n) is 6.59. The molecule has 1 aliphatic carbocycles. The molecule has 22 heavy (non-hydrogen) atoms. The molecule has 0 radical (unpaired) electrons. The Balaban J connectivity index is 1.95. The molecule has 0 aromatic heterocycles. The van der Waals surface area contributed by atoms with Crippen LogP contribution in [-0.4, -0.2) is 13.7 Å². The van der Waals surface area contributed by atoms with E-state index in [0.717, 1.165) is 10.0 Å². The van der Waals surface area contributed by atoms with Gasteiger partial charge in [0.1, 0.15) is 0 Å². The summed E-state index contributed by atoms with van der Waals surface area (Å²) < 4.78 is 26.4. The second-order valence-electron chi connectivity index (χ2n) is 5.20. The first-order chi connectivity index (χ1) is 10.4. The summed E-state index contributed by atoms with van der Waals surface area (Å²) in [6.45, 7) is 0. The van der Waals surface area contributed by atoms with Crippen molar-refractivity contribution in [3.63, 3.8) is 0 Å². The van der Waals surface area contributed by atoms with Crippen LogP contribution in [-0.2, 0) is 9.84 Å². The van der Waals surface area contributed by atoms with Crippen LogP contribution in [0.25, 0.3) is 0 Å². The molecule has 0 bridgehead atoms. The zero-order chi connectivity index (χ0) is 15.9. The quantitative estimate of drug-likeness (QED) is 0.782. The highest BCUT2D eigenvalue weighted by atomic mass is 79.9. The van der Waals surface area contributed by atoms with E-state index in [9.17, 15) is 13.7 Å². The Labute approximate surface area is 142 Å². The highest BCUT2D eigenvalue weighted by Gasteiger charge is 2.59. The van der Waals surface area contributed by atoms with Crippen molar-refractivity contribution in [2.45, 2.75) is 16.1 Å². The van der Waals surface area contributed by atoms with Gasteiger partial charge in [0.25, 0.3) is 0 Å². The number of nitriles is 1. The lowest BCUT2D eigenvalue weighted by atomic mass is 10.1. The molecule has 3 nitrogen and oxygen atoms in total. The van der Waals surface area contributed by atoms with Crippen LogP contribution in [0.3, 0.4) is 0 Å². The highest BCUT2D eigenvalue weighted by molar-refractivity contribution is 9.10. The average Bonchev–Trinajstić information content (AvgIpc) is 3.24. The van der Waals surface area contributed by atoms with Gasteiger partial charge < -0.3 is 0 Å². The fourth-order valence-corrected chi connectivity index (χ4v) is 5.14. The Morgan fingerprint density at radius 1 is 1.05 bits per heavy atom. The van der Waals surface area contributed by atoms with Crippen LogP contribution >= 0.6 is 27.5 Å². The molecule has 112 valence electrons. The minimum atomic E-state index is -3.54. The lowest BCUT2D eigenvalue weighted by Crippen LogP contribution is -2.10. The van der Waals surface area contributed by atoms with Crippen molar-refractivity contribution in [3.05, 3.63) is 63.6 Å². The summed E-state index contributed by atoms with van der Waals surface area (Å²) in [4.78, 5) is 0.210. The third-order valence-electron chi connectivity index (χ3n) is 3.86. The van der Waals surface area contributed by atoms with E-state index in [1.54, 1.807) is 12.1 Å². The third-order valence-corrected chi connectivity index (χ3v) is 6.87. The van der Waals surface area contributed by atoms with Gasteiger partial charge in [0.05, 0.1) is 22.1 Å². The summed E-state index contributed by atoms with van der Waals surface area (Å²) in [5, 5.41) is 9.06. The van der Waals surface area contributed by atoms with Crippen molar-refractivity contribution in [2.75, 3.05) is 0 Å². The van der Waals surface area contributed by atoms with Crippen LogP contribution in [0.4, 0.5) is 0 Å². The van der Waals surface area contributed by atoms with Crippen molar-refractivity contribution in [1.29, 1.82) is 5.26 Å². The van der Waals surface area contributed by atoms with Crippen molar-refractivity contribution in [1.82, 2.24) is 0 Å². The molecule has 3 atom stereocenters. The maximum Gasteiger partial charge on any atom is 0.183 e. The van der Waals surface area contributed by atoms with Gasteiger partial charge in [-0.1, -0.05) is 39.7 Å². The molecule has 0 amide bonds. The molecule has 2 aromatic carbocycles. The van der Waals surface area contributed by atoms with Gasteiger partial charge in [0, 0.05) is 15.4 Å². The fourth-order valence-electron chi connectivity index (χ4n) is 2.69. The lowest BCUT2D eigenvalue weighted by Gasteiger charge is -2.04. The molecular formula is C16H11BrClNO2S. The van der Waals surface area contributed by atoms with Crippen molar-refractivity contribution in [2.24, 2.45) is 5.92 Å². The largest absolute Gasteiger partial charge is 0.223 e. The average molecular weight is 397 g/mol. The molecule has 3 rings (SSSR count). The zero-order valence-electron chi connectivity index (χ0n) is 11.3. The molecule has 0 unspecified atom stereocenters. The summed E-state index contributed by atoms with van der Waals surface area (Å²) >= 11 is 9.15. The van der Waals surface area contributed by atoms with Crippen molar-refractivity contribution < 1.29 is 8.42 Å². The fraction of sp³-hybridized carbons (Fsp3) is 0.188. The zero-order valence-corrected chi connectivity index (χ0v) is 14.4. The van der Waals surface area contributed by atoms with Gasteiger partial charge in [-0.3, -0.25) is 0 Å². The van der Waals surface area contributed by atoms with Crippen LogP contribution in [0, 0.1) is 17.2 Å². The molecule has 0 spiro atoms. The highest BCUT2D eigenvalue weighted by Crippen LogP contribution is 2.53. The summed E-state index contributed by atoms with van der Waals surface area (Å²) in [5.74, 6) is -0.791. The molecule has 0 heterocycles. The number of hydrogen-bond donors (Lipinski definition) is 0. The van der Waals surface area contributed by atoms with E-state index in [1.165, 1.54) is 12.1 Å². The van der Waals surface area contributed by atoms with E-state index in [0.29, 0.717) is 5.02 Å². The molecule has 0 saturated heterocycles. The maximum atomic E-state index is 12.7. The summed E-state index contributed by atoms with van der Waals surface area (Å²) in [6, 6.07) is 15.6. The van der Waals surface area contributed by atoms with E-state index in [2.05, 4.69) is 22.0 Å². The monoisotopic (exact) mass is 395 g/mol. The van der Waals surface area contributed by atoms with Gasteiger partial charge in [0.2, 0.25) is 0 Å². The Morgan fingerprint density at radius 2 is 1.64 bits per heavy atom. The van der Waals surface area contributed by atoms with Gasteiger partial charge in [-0.15, -0.1) is 0 Å². The van der Waals surface area contributed by atoms with E-state index in [1.807, 2.05) is 24.3 Å². The van der Waals surface area contributed by atoms with Crippen LogP contribution in [0.1, 0.15) is 11.5 Å². The van der Waals surface area contributed by atoms with Crippen molar-refractivity contribution >= 4 is 37.4 Å². The van der Waals surface area contributed by atoms with Crippen LogP contribution < -0.4 is 0 Å². The van der Waals surface area contributed by atoms with Gasteiger partial charge in [-0.25, -0.2) is 8.42 Å². The number of halogens is 2. The smallest absolute Gasteiger partial charge is 0.183 e. The molecular weight excluding hydrogens is 386 g/mol. The SMILES string of the molecule is N#C[C@@H]1[C@H](c2ccc(Br)cc2)[C@@H]1S(=O)(=O)c1ccc(Cl)cc1. The predicted octanol–water partition coefficient (Wildman–Crippen LogP) is 4.18. The number of rotatable bonds is 3. The van der Waals surface area contributed by atoms with Gasteiger partial charge in [-0.05, 0) is 42.0 Å². The standard InChI is InChI=1S/C16H11BrClNO2S/c17-11-3-1-10(2-4-11)15-14(9-19)16(15)22(20,21)13-7-5-12(18)6-8-13/h1-8,14-16H/t14-,15+,16-/m1/s1. The summed E-state index contributed by atoms with van der Waals surface area (Å²) in [5.41, 5.74) is 0.872. The van der Waals surface area contributed by atoms with Gasteiger partial charge in [0.15, 0.2) is 9.84 Å². The summed E-state index contributed by atoms with van der Waals surface area (Å²) in [7, 11) is -3.54. The Kier molecular flexibility index (Phi) is 4.02. The molecule has 1 fully saturated rings. The van der Waals surface area contributed by atoms with Crippen molar-refractivity contribution in [3.8, 4) is 6.07 Å². The number of nitrogens with zero attached hydrogens (tertiary/aromatic N) is 1. The van der Waals surface area contributed by atoms with E-state index < -0.39 is 21.0 Å². The Morgan fingerprint density at radius 3 is 2.18 bits per heavy atom. The lowest BCUT2D eigenvalue weighted by molar-refractivity contribution is 0.593. The first kappa shape index (κ1) is 15.5. The van der Waals surface area contributed by atoms with E-state index in [-0.39, 0.29) is 10.8 Å². The second-order valence-corrected chi connectivity index (χ2v) is 8.65. The molecule has 1 saturated carbocycles. The maximum absolute atomic E-state index is 12.7. The molecule has 2 aromatic rings. The minimum Gasteiger partial charge on any atom is -0.223 e. The van der Waals surface area contributed by atoms with Crippen LogP contribution in [0.15, 0.2) is 57.9 Å². The van der Waals surface area contributed by atoms with Crippen LogP contribution in [0.2, 0.25) is 5.02 Å². The molecule has 0 N–H and O–H groups in total. The third kappa shape index (κ3) is 2.67. The van der Waals surface area contributed by atoms with E-state index in [4.69, 9.17) is 11.6 Å².